The van der Waals surface area contributed by atoms with E-state index in [1.807, 2.05) is 0 Å². The normalized spacial score (nSPS) is 19.8. The van der Waals surface area contributed by atoms with Crippen LogP contribution in [0, 0.1) is 10.1 Å². The van der Waals surface area contributed by atoms with Gasteiger partial charge in [0.2, 0.25) is 5.91 Å². The second kappa shape index (κ2) is 4.33. The molecule has 0 bridgehead atoms. The van der Waals surface area contributed by atoms with E-state index in [1.165, 1.54) is 18.2 Å². The summed E-state index contributed by atoms with van der Waals surface area (Å²) in [7, 11) is 1.69. The topological polar surface area (TPSA) is 63.5 Å². The lowest BCUT2D eigenvalue weighted by atomic mass is 10.0. The van der Waals surface area contributed by atoms with Crippen molar-refractivity contribution >= 4 is 23.2 Å². The maximum atomic E-state index is 11.4. The number of halogens is 1. The van der Waals surface area contributed by atoms with Gasteiger partial charge in [-0.05, 0) is 12.5 Å². The molecule has 0 saturated carbocycles. The van der Waals surface area contributed by atoms with Crippen LogP contribution in [0.25, 0.3) is 0 Å². The zero-order valence-electron chi connectivity index (χ0n) is 9.22. The molecule has 0 spiro atoms. The Kier molecular flexibility index (Phi) is 3.02. The van der Waals surface area contributed by atoms with Gasteiger partial charge in [0.05, 0.1) is 11.0 Å². The predicted octanol–water partition coefficient (Wildman–Crippen LogP) is 2.54. The molecule has 1 atom stereocenters. The molecule has 1 amide bonds. The maximum absolute atomic E-state index is 11.4. The van der Waals surface area contributed by atoms with Gasteiger partial charge in [-0.1, -0.05) is 11.6 Å². The summed E-state index contributed by atoms with van der Waals surface area (Å²) in [5, 5.41) is 11.2. The number of hydrogen-bond donors (Lipinski definition) is 0. The molecular weight excluding hydrogens is 244 g/mol. The van der Waals surface area contributed by atoms with Crippen molar-refractivity contribution in [1.82, 2.24) is 4.90 Å². The number of non-ortho nitro benzene ring substituents is 1. The fraction of sp³-hybridized carbons (Fsp3) is 0.364. The smallest absolute Gasteiger partial charge is 0.269 e. The van der Waals surface area contributed by atoms with Gasteiger partial charge in [0.15, 0.2) is 0 Å². The molecular formula is C11H11ClN2O3. The lowest BCUT2D eigenvalue weighted by Gasteiger charge is -2.20. The summed E-state index contributed by atoms with van der Waals surface area (Å²) < 4.78 is 0. The highest BCUT2D eigenvalue weighted by molar-refractivity contribution is 6.31. The SMILES string of the molecule is CN1C(=O)CCC1c1cc([N+](=O)[O-])ccc1Cl. The fourth-order valence-electron chi connectivity index (χ4n) is 2.07. The van der Waals surface area contributed by atoms with Gasteiger partial charge in [-0.25, -0.2) is 0 Å². The lowest BCUT2D eigenvalue weighted by Crippen LogP contribution is -2.22. The fourth-order valence-corrected chi connectivity index (χ4v) is 2.31. The van der Waals surface area contributed by atoms with E-state index in [-0.39, 0.29) is 17.6 Å². The standard InChI is InChI=1S/C11H11ClN2O3/c1-13-10(4-5-11(13)15)8-6-7(14(16)17)2-3-9(8)12/h2-3,6,10H,4-5H2,1H3. The third kappa shape index (κ3) is 2.10. The van der Waals surface area contributed by atoms with Crippen molar-refractivity contribution in [3.8, 4) is 0 Å². The number of nitro benzene ring substituents is 1. The van der Waals surface area contributed by atoms with Crippen LogP contribution in [0.15, 0.2) is 18.2 Å². The van der Waals surface area contributed by atoms with Crippen LogP contribution in [-0.4, -0.2) is 22.8 Å². The molecule has 2 rings (SSSR count). The number of nitro groups is 1. The molecule has 17 heavy (non-hydrogen) atoms. The van der Waals surface area contributed by atoms with Crippen molar-refractivity contribution in [2.75, 3.05) is 7.05 Å². The summed E-state index contributed by atoms with van der Waals surface area (Å²) in [6, 6.07) is 4.16. The molecule has 0 N–H and O–H groups in total. The molecule has 1 heterocycles. The second-order valence-corrected chi connectivity index (χ2v) is 4.43. The minimum absolute atomic E-state index is 0.00264. The van der Waals surface area contributed by atoms with Gasteiger partial charge in [-0.15, -0.1) is 0 Å². The third-order valence-corrected chi connectivity index (χ3v) is 3.39. The number of likely N-dealkylation sites (tertiary alicyclic amines) is 1. The Morgan fingerprint density at radius 2 is 2.24 bits per heavy atom. The first-order valence-corrected chi connectivity index (χ1v) is 5.58. The Labute approximate surface area is 103 Å². The Hall–Kier alpha value is -1.62. The number of amides is 1. The Morgan fingerprint density at radius 1 is 1.53 bits per heavy atom. The van der Waals surface area contributed by atoms with Crippen LogP contribution in [0.4, 0.5) is 5.69 Å². The molecule has 1 saturated heterocycles. The molecule has 0 aliphatic carbocycles. The molecule has 5 nitrogen and oxygen atoms in total. The minimum Gasteiger partial charge on any atom is -0.339 e. The molecule has 0 aromatic heterocycles. The van der Waals surface area contributed by atoms with Gasteiger partial charge >= 0.3 is 0 Å². The van der Waals surface area contributed by atoms with Crippen molar-refractivity contribution in [1.29, 1.82) is 0 Å². The van der Waals surface area contributed by atoms with E-state index in [0.717, 1.165) is 0 Å². The van der Waals surface area contributed by atoms with Crippen molar-refractivity contribution in [2.24, 2.45) is 0 Å². The first kappa shape index (κ1) is 11.9. The van der Waals surface area contributed by atoms with Crippen molar-refractivity contribution in [3.05, 3.63) is 38.9 Å². The van der Waals surface area contributed by atoms with Crippen molar-refractivity contribution < 1.29 is 9.72 Å². The molecule has 0 radical (unpaired) electrons. The number of rotatable bonds is 2. The highest BCUT2D eigenvalue weighted by Crippen LogP contribution is 2.36. The number of carbonyl (C=O) groups excluding carboxylic acids is 1. The molecule has 1 aromatic rings. The number of hydrogen-bond acceptors (Lipinski definition) is 3. The van der Waals surface area contributed by atoms with E-state index in [4.69, 9.17) is 11.6 Å². The highest BCUT2D eigenvalue weighted by atomic mass is 35.5. The monoisotopic (exact) mass is 254 g/mol. The van der Waals surface area contributed by atoms with E-state index in [2.05, 4.69) is 0 Å². The highest BCUT2D eigenvalue weighted by Gasteiger charge is 2.31. The number of nitrogens with zero attached hydrogens (tertiary/aromatic N) is 2. The zero-order valence-corrected chi connectivity index (χ0v) is 9.98. The quantitative estimate of drug-likeness (QED) is 0.602. The molecule has 1 aliphatic rings. The Bertz CT molecular complexity index is 490. The summed E-state index contributed by atoms with van der Waals surface area (Å²) in [6.45, 7) is 0. The summed E-state index contributed by atoms with van der Waals surface area (Å²) >= 11 is 6.03. The van der Waals surface area contributed by atoms with Crippen LogP contribution in [0.3, 0.4) is 0 Å². The maximum Gasteiger partial charge on any atom is 0.269 e. The Morgan fingerprint density at radius 3 is 2.76 bits per heavy atom. The van der Waals surface area contributed by atoms with Gasteiger partial charge in [0, 0.05) is 36.2 Å². The summed E-state index contributed by atoms with van der Waals surface area (Å²) in [5.41, 5.74) is 0.645. The Balaban J connectivity index is 2.41. The predicted molar refractivity (Wildman–Crippen MR) is 62.9 cm³/mol. The van der Waals surface area contributed by atoms with Gasteiger partial charge in [0.1, 0.15) is 0 Å². The van der Waals surface area contributed by atoms with Gasteiger partial charge in [-0.3, -0.25) is 14.9 Å². The van der Waals surface area contributed by atoms with Crippen LogP contribution in [0.5, 0.6) is 0 Å². The van der Waals surface area contributed by atoms with Crippen molar-refractivity contribution in [2.45, 2.75) is 18.9 Å². The zero-order chi connectivity index (χ0) is 12.6. The van der Waals surface area contributed by atoms with Gasteiger partial charge in [-0.2, -0.15) is 0 Å². The average Bonchev–Trinajstić information content (AvgIpc) is 2.60. The molecule has 1 unspecified atom stereocenters. The van der Waals surface area contributed by atoms with Crippen LogP contribution in [0.2, 0.25) is 5.02 Å². The number of carbonyl (C=O) groups is 1. The van der Waals surface area contributed by atoms with Crippen LogP contribution >= 0.6 is 11.6 Å². The molecule has 1 fully saturated rings. The first-order chi connectivity index (χ1) is 8.00. The third-order valence-electron chi connectivity index (χ3n) is 3.04. The molecule has 1 aromatic carbocycles. The summed E-state index contributed by atoms with van der Waals surface area (Å²) in [6.07, 6.45) is 1.11. The van der Waals surface area contributed by atoms with E-state index in [0.29, 0.717) is 23.4 Å². The van der Waals surface area contributed by atoms with Gasteiger partial charge < -0.3 is 4.90 Å². The van der Waals surface area contributed by atoms with E-state index in [9.17, 15) is 14.9 Å². The average molecular weight is 255 g/mol. The minimum atomic E-state index is -0.462. The van der Waals surface area contributed by atoms with Crippen LogP contribution < -0.4 is 0 Å². The van der Waals surface area contributed by atoms with Crippen LogP contribution in [0.1, 0.15) is 24.4 Å². The van der Waals surface area contributed by atoms with Crippen LogP contribution in [-0.2, 0) is 4.79 Å². The summed E-state index contributed by atoms with van der Waals surface area (Å²) in [5.74, 6) is 0.0394. The summed E-state index contributed by atoms with van der Waals surface area (Å²) in [4.78, 5) is 23.3. The van der Waals surface area contributed by atoms with E-state index >= 15 is 0 Å². The van der Waals surface area contributed by atoms with Crippen molar-refractivity contribution in [3.63, 3.8) is 0 Å². The molecule has 1 aliphatic heterocycles. The van der Waals surface area contributed by atoms with E-state index < -0.39 is 4.92 Å². The largest absolute Gasteiger partial charge is 0.339 e. The molecule has 6 heteroatoms. The van der Waals surface area contributed by atoms with Gasteiger partial charge in [0.25, 0.3) is 5.69 Å². The second-order valence-electron chi connectivity index (χ2n) is 4.02. The van der Waals surface area contributed by atoms with E-state index in [1.54, 1.807) is 11.9 Å². The molecule has 90 valence electrons. The number of benzene rings is 1. The lowest BCUT2D eigenvalue weighted by molar-refractivity contribution is -0.384. The first-order valence-electron chi connectivity index (χ1n) is 5.20.